The summed E-state index contributed by atoms with van der Waals surface area (Å²) < 4.78 is 5.08. The van der Waals surface area contributed by atoms with Gasteiger partial charge in [0.05, 0.1) is 12.2 Å². The van der Waals surface area contributed by atoms with Gasteiger partial charge < -0.3 is 14.9 Å². The Hall–Kier alpha value is -1.91. The maximum atomic E-state index is 11.1. The third kappa shape index (κ3) is 5.53. The summed E-state index contributed by atoms with van der Waals surface area (Å²) in [4.78, 5) is 11.1. The van der Waals surface area contributed by atoms with Crippen LogP contribution in [0.2, 0.25) is 0 Å². The molecule has 21 heavy (non-hydrogen) atoms. The van der Waals surface area contributed by atoms with Gasteiger partial charge in [0.15, 0.2) is 0 Å². The summed E-state index contributed by atoms with van der Waals surface area (Å²) in [5, 5.41) is 19.8. The summed E-state index contributed by atoms with van der Waals surface area (Å²) in [7, 11) is 0. The average molecular weight is 288 g/mol. The van der Waals surface area contributed by atoms with Crippen molar-refractivity contribution >= 4 is 12.0 Å². The number of esters is 1. The molecular weight excluding hydrogens is 268 g/mol. The lowest BCUT2D eigenvalue weighted by atomic mass is 10.0. The van der Waals surface area contributed by atoms with Crippen molar-refractivity contribution in [1.82, 2.24) is 0 Å². The van der Waals surface area contributed by atoms with Crippen LogP contribution in [-0.2, 0) is 9.53 Å². The lowest BCUT2D eigenvalue weighted by Gasteiger charge is -2.22. The molecule has 0 amide bonds. The minimum atomic E-state index is -0.727. The van der Waals surface area contributed by atoms with Gasteiger partial charge in [0, 0.05) is 25.3 Å². The molecule has 1 aliphatic rings. The minimum Gasteiger partial charge on any atom is -0.459 e. The third-order valence-electron chi connectivity index (χ3n) is 3.29. The Morgan fingerprint density at radius 2 is 2.05 bits per heavy atom. The average Bonchev–Trinajstić information content (AvgIpc) is 2.46. The quantitative estimate of drug-likeness (QED) is 0.786. The van der Waals surface area contributed by atoms with Crippen LogP contribution >= 0.6 is 0 Å². The highest BCUT2D eigenvalue weighted by Crippen LogP contribution is 2.16. The van der Waals surface area contributed by atoms with Gasteiger partial charge in [-0.3, -0.25) is 0 Å². The first-order valence-corrected chi connectivity index (χ1v) is 7.10. The number of carbonyl (C=O) groups is 1. The number of hydrogen-bond acceptors (Lipinski definition) is 4. The fourth-order valence-corrected chi connectivity index (χ4v) is 2.26. The number of aliphatic hydroxyl groups excluding tert-OH is 2. The molecule has 0 saturated carbocycles. The fourth-order valence-electron chi connectivity index (χ4n) is 2.26. The van der Waals surface area contributed by atoms with Gasteiger partial charge in [-0.15, -0.1) is 0 Å². The van der Waals surface area contributed by atoms with Gasteiger partial charge >= 0.3 is 5.97 Å². The molecular formula is C17H20O4. The van der Waals surface area contributed by atoms with Crippen LogP contribution in [0.4, 0.5) is 0 Å². The van der Waals surface area contributed by atoms with E-state index in [2.05, 4.69) is 0 Å². The van der Waals surface area contributed by atoms with E-state index in [0.29, 0.717) is 12.8 Å². The summed E-state index contributed by atoms with van der Waals surface area (Å²) in [5.41, 5.74) is 0.998. The predicted molar refractivity (Wildman–Crippen MR) is 80.4 cm³/mol. The highest BCUT2D eigenvalue weighted by molar-refractivity contribution is 5.82. The van der Waals surface area contributed by atoms with Crippen molar-refractivity contribution in [2.45, 2.75) is 37.6 Å². The molecule has 0 bridgehead atoms. The smallest absolute Gasteiger partial charge is 0.330 e. The number of hydrogen-bond donors (Lipinski definition) is 2. The molecule has 112 valence electrons. The first-order chi connectivity index (χ1) is 10.1. The van der Waals surface area contributed by atoms with Gasteiger partial charge in [-0.1, -0.05) is 48.6 Å². The first kappa shape index (κ1) is 15.5. The van der Waals surface area contributed by atoms with E-state index in [4.69, 9.17) is 4.74 Å². The summed E-state index contributed by atoms with van der Waals surface area (Å²) in [6.07, 6.45) is 6.05. The van der Waals surface area contributed by atoms with E-state index >= 15 is 0 Å². The molecule has 3 atom stereocenters. The van der Waals surface area contributed by atoms with Crippen LogP contribution in [0.1, 0.15) is 24.8 Å². The standard InChI is InChI=1S/C17H20O4/c18-14(10-9-13-5-2-1-3-6-13)11-15(19)12-16-7-4-8-17(20)21-16/h1-6,8-10,14-16,18-19H,7,11-12H2/t14-,15-,16-/m0/s1. The minimum absolute atomic E-state index is 0.223. The molecule has 0 aromatic heterocycles. The second kappa shape index (κ2) is 7.76. The Morgan fingerprint density at radius 1 is 1.29 bits per heavy atom. The van der Waals surface area contributed by atoms with Crippen molar-refractivity contribution < 1.29 is 19.7 Å². The highest BCUT2D eigenvalue weighted by atomic mass is 16.5. The van der Waals surface area contributed by atoms with Crippen molar-refractivity contribution in [3.05, 3.63) is 54.1 Å². The Bertz CT molecular complexity index is 507. The molecule has 0 unspecified atom stereocenters. The normalized spacial score (nSPS) is 21.2. The predicted octanol–water partition coefficient (Wildman–Crippen LogP) is 2.07. The Kier molecular flexibility index (Phi) is 5.72. The van der Waals surface area contributed by atoms with E-state index in [1.54, 1.807) is 12.2 Å². The first-order valence-electron chi connectivity index (χ1n) is 7.10. The highest BCUT2D eigenvalue weighted by Gasteiger charge is 2.20. The molecule has 0 saturated heterocycles. The maximum Gasteiger partial charge on any atom is 0.330 e. The molecule has 1 aromatic rings. The number of carbonyl (C=O) groups excluding carboxylic acids is 1. The molecule has 2 rings (SSSR count). The number of ether oxygens (including phenoxy) is 1. The number of benzene rings is 1. The van der Waals surface area contributed by atoms with Crippen molar-refractivity contribution in [3.8, 4) is 0 Å². The summed E-state index contributed by atoms with van der Waals surface area (Å²) in [6.45, 7) is 0. The topological polar surface area (TPSA) is 66.8 Å². The van der Waals surface area contributed by atoms with Crippen LogP contribution in [0.15, 0.2) is 48.6 Å². The zero-order valence-corrected chi connectivity index (χ0v) is 11.8. The van der Waals surface area contributed by atoms with E-state index in [1.807, 2.05) is 36.4 Å². The second-order valence-corrected chi connectivity index (χ2v) is 5.16. The van der Waals surface area contributed by atoms with Crippen molar-refractivity contribution in [3.63, 3.8) is 0 Å². The lowest BCUT2D eigenvalue weighted by Crippen LogP contribution is -2.27. The van der Waals surface area contributed by atoms with Crippen LogP contribution < -0.4 is 0 Å². The van der Waals surface area contributed by atoms with Gasteiger partial charge in [0.1, 0.15) is 6.10 Å². The van der Waals surface area contributed by atoms with Gasteiger partial charge in [-0.05, 0) is 5.56 Å². The monoisotopic (exact) mass is 288 g/mol. The summed E-state index contributed by atoms with van der Waals surface area (Å²) >= 11 is 0. The van der Waals surface area contributed by atoms with Crippen molar-refractivity contribution in [2.24, 2.45) is 0 Å². The molecule has 2 N–H and O–H groups in total. The van der Waals surface area contributed by atoms with E-state index in [1.165, 1.54) is 6.08 Å². The van der Waals surface area contributed by atoms with Gasteiger partial charge in [0.25, 0.3) is 0 Å². The SMILES string of the molecule is O=C1C=CC[C@@H](C[C@@H](O)C[C@@H](O)C=Cc2ccccc2)O1. The summed E-state index contributed by atoms with van der Waals surface area (Å²) in [6, 6.07) is 9.65. The van der Waals surface area contributed by atoms with Gasteiger partial charge in [0.2, 0.25) is 0 Å². The van der Waals surface area contributed by atoms with E-state index in [0.717, 1.165) is 5.56 Å². The van der Waals surface area contributed by atoms with Gasteiger partial charge in [-0.25, -0.2) is 4.79 Å². The molecule has 0 aliphatic carbocycles. The third-order valence-corrected chi connectivity index (χ3v) is 3.29. The van der Waals surface area contributed by atoms with E-state index in [9.17, 15) is 15.0 Å². The fraction of sp³-hybridized carbons (Fsp3) is 0.353. The molecule has 0 fully saturated rings. The van der Waals surface area contributed by atoms with E-state index in [-0.39, 0.29) is 18.5 Å². The van der Waals surface area contributed by atoms with E-state index < -0.39 is 12.2 Å². The Balaban J connectivity index is 1.77. The zero-order chi connectivity index (χ0) is 15.1. The molecule has 0 radical (unpaired) electrons. The molecule has 0 spiro atoms. The van der Waals surface area contributed by atoms with Crippen LogP contribution in [0.25, 0.3) is 6.08 Å². The summed E-state index contributed by atoms with van der Waals surface area (Å²) in [5.74, 6) is -0.372. The zero-order valence-electron chi connectivity index (χ0n) is 11.8. The molecule has 1 heterocycles. The van der Waals surface area contributed by atoms with Crippen LogP contribution in [-0.4, -0.2) is 34.5 Å². The number of rotatable bonds is 6. The van der Waals surface area contributed by atoms with Crippen LogP contribution in [0.5, 0.6) is 0 Å². The lowest BCUT2D eigenvalue weighted by molar-refractivity contribution is -0.145. The van der Waals surface area contributed by atoms with Crippen LogP contribution in [0.3, 0.4) is 0 Å². The molecule has 4 heteroatoms. The van der Waals surface area contributed by atoms with Gasteiger partial charge in [-0.2, -0.15) is 0 Å². The number of aliphatic hydroxyl groups is 2. The van der Waals surface area contributed by atoms with Crippen molar-refractivity contribution in [2.75, 3.05) is 0 Å². The number of cyclic esters (lactones) is 1. The molecule has 1 aliphatic heterocycles. The second-order valence-electron chi connectivity index (χ2n) is 5.16. The van der Waals surface area contributed by atoms with Crippen molar-refractivity contribution in [1.29, 1.82) is 0 Å². The Morgan fingerprint density at radius 3 is 2.76 bits per heavy atom. The van der Waals surface area contributed by atoms with Crippen LogP contribution in [0, 0.1) is 0 Å². The maximum absolute atomic E-state index is 11.1. The largest absolute Gasteiger partial charge is 0.459 e. The molecule has 1 aromatic carbocycles. The Labute approximate surface area is 124 Å². The molecule has 4 nitrogen and oxygen atoms in total.